The van der Waals surface area contributed by atoms with Gasteiger partial charge in [-0.2, -0.15) is 4.80 Å². The molecule has 0 aliphatic carbocycles. The third-order valence-electron chi connectivity index (χ3n) is 2.56. The molecule has 1 aromatic heterocycles. The maximum absolute atomic E-state index is 11.5. The SMILES string of the molecule is CCOC(=O)NC(=O)Cn1nnc(-c2ccc(C)cc2)n1. The van der Waals surface area contributed by atoms with E-state index in [0.717, 1.165) is 15.9 Å². The minimum atomic E-state index is -0.790. The number of nitrogens with one attached hydrogen (secondary N) is 1. The first-order chi connectivity index (χ1) is 10.1. The number of amides is 2. The minimum Gasteiger partial charge on any atom is -0.450 e. The lowest BCUT2D eigenvalue weighted by Crippen LogP contribution is -2.34. The van der Waals surface area contributed by atoms with Gasteiger partial charge in [0, 0.05) is 5.56 Å². The zero-order valence-electron chi connectivity index (χ0n) is 11.7. The Kier molecular flexibility index (Phi) is 4.60. The van der Waals surface area contributed by atoms with E-state index in [2.05, 4.69) is 25.5 Å². The number of hydrogen-bond acceptors (Lipinski definition) is 6. The Balaban J connectivity index is 1.98. The van der Waals surface area contributed by atoms with Crippen molar-refractivity contribution in [2.24, 2.45) is 0 Å². The third kappa shape index (κ3) is 4.10. The average Bonchev–Trinajstić information content (AvgIpc) is 2.88. The number of tetrazole rings is 1. The van der Waals surface area contributed by atoms with E-state index in [0.29, 0.717) is 5.82 Å². The van der Waals surface area contributed by atoms with Crippen LogP contribution in [0.3, 0.4) is 0 Å². The molecule has 8 nitrogen and oxygen atoms in total. The van der Waals surface area contributed by atoms with Gasteiger partial charge < -0.3 is 4.74 Å². The molecule has 110 valence electrons. The number of nitrogens with zero attached hydrogens (tertiary/aromatic N) is 4. The number of carbonyl (C=O) groups is 2. The van der Waals surface area contributed by atoms with E-state index in [9.17, 15) is 9.59 Å². The molecule has 1 aromatic carbocycles. The number of aromatic nitrogens is 4. The second kappa shape index (κ2) is 6.60. The Morgan fingerprint density at radius 3 is 2.67 bits per heavy atom. The maximum Gasteiger partial charge on any atom is 0.413 e. The summed E-state index contributed by atoms with van der Waals surface area (Å²) in [4.78, 5) is 23.7. The standard InChI is InChI=1S/C13H15N5O3/c1-3-21-13(20)14-11(19)8-18-16-12(15-17-18)10-6-4-9(2)5-7-10/h4-7H,3,8H2,1-2H3,(H,14,19,20). The summed E-state index contributed by atoms with van der Waals surface area (Å²) < 4.78 is 4.60. The summed E-state index contributed by atoms with van der Waals surface area (Å²) in [5, 5.41) is 13.8. The molecule has 21 heavy (non-hydrogen) atoms. The van der Waals surface area contributed by atoms with Gasteiger partial charge in [-0.05, 0) is 19.1 Å². The highest BCUT2D eigenvalue weighted by Gasteiger charge is 2.12. The molecule has 2 rings (SSSR count). The molecule has 0 saturated carbocycles. The second-order valence-electron chi connectivity index (χ2n) is 4.28. The number of hydrogen-bond donors (Lipinski definition) is 1. The lowest BCUT2D eigenvalue weighted by Gasteiger charge is -2.02. The van der Waals surface area contributed by atoms with E-state index in [1.165, 1.54) is 0 Å². The molecule has 2 amide bonds. The number of imide groups is 1. The largest absolute Gasteiger partial charge is 0.450 e. The van der Waals surface area contributed by atoms with Crippen LogP contribution in [0.5, 0.6) is 0 Å². The predicted molar refractivity (Wildman–Crippen MR) is 73.2 cm³/mol. The van der Waals surface area contributed by atoms with Crippen molar-refractivity contribution in [1.82, 2.24) is 25.5 Å². The van der Waals surface area contributed by atoms with Crippen LogP contribution < -0.4 is 5.32 Å². The van der Waals surface area contributed by atoms with Crippen LogP contribution in [0.4, 0.5) is 4.79 Å². The molecule has 0 bridgehead atoms. The van der Waals surface area contributed by atoms with Crippen LogP contribution in [0.15, 0.2) is 24.3 Å². The van der Waals surface area contributed by atoms with Crippen LogP contribution in [0.25, 0.3) is 11.4 Å². The number of rotatable bonds is 4. The molecule has 1 heterocycles. The third-order valence-corrected chi connectivity index (χ3v) is 2.56. The highest BCUT2D eigenvalue weighted by atomic mass is 16.5. The average molecular weight is 289 g/mol. The fraction of sp³-hybridized carbons (Fsp3) is 0.308. The summed E-state index contributed by atoms with van der Waals surface area (Å²) in [6.07, 6.45) is -0.790. The molecule has 0 aliphatic heterocycles. The van der Waals surface area contributed by atoms with Gasteiger partial charge in [0.1, 0.15) is 6.54 Å². The minimum absolute atomic E-state index is 0.193. The van der Waals surface area contributed by atoms with Crippen molar-refractivity contribution in [2.45, 2.75) is 20.4 Å². The maximum atomic E-state index is 11.5. The monoisotopic (exact) mass is 289 g/mol. The normalized spacial score (nSPS) is 10.2. The Morgan fingerprint density at radius 2 is 2.00 bits per heavy atom. The van der Waals surface area contributed by atoms with E-state index >= 15 is 0 Å². The van der Waals surface area contributed by atoms with Crippen molar-refractivity contribution in [1.29, 1.82) is 0 Å². The van der Waals surface area contributed by atoms with E-state index in [1.807, 2.05) is 31.2 Å². The van der Waals surface area contributed by atoms with E-state index in [1.54, 1.807) is 6.92 Å². The first kappa shape index (κ1) is 14.6. The van der Waals surface area contributed by atoms with Gasteiger partial charge in [-0.1, -0.05) is 29.8 Å². The van der Waals surface area contributed by atoms with Gasteiger partial charge in [0.15, 0.2) is 0 Å². The van der Waals surface area contributed by atoms with E-state index in [4.69, 9.17) is 0 Å². The first-order valence-corrected chi connectivity index (χ1v) is 6.40. The van der Waals surface area contributed by atoms with Gasteiger partial charge in [0.25, 0.3) is 5.91 Å². The molecule has 0 atom stereocenters. The Labute approximate surface area is 121 Å². The quantitative estimate of drug-likeness (QED) is 0.898. The van der Waals surface area contributed by atoms with Crippen molar-refractivity contribution < 1.29 is 14.3 Å². The number of ether oxygens (including phenoxy) is 1. The van der Waals surface area contributed by atoms with Gasteiger partial charge >= 0.3 is 6.09 Å². The molecule has 0 spiro atoms. The fourth-order valence-corrected chi connectivity index (χ4v) is 1.58. The van der Waals surface area contributed by atoms with Crippen molar-refractivity contribution in [3.05, 3.63) is 29.8 Å². The van der Waals surface area contributed by atoms with Crippen LogP contribution in [0.2, 0.25) is 0 Å². The molecule has 0 radical (unpaired) electrons. The summed E-state index contributed by atoms with van der Waals surface area (Å²) in [5.74, 6) is -0.153. The van der Waals surface area contributed by atoms with E-state index in [-0.39, 0.29) is 13.2 Å². The van der Waals surface area contributed by atoms with Gasteiger partial charge in [0.2, 0.25) is 5.82 Å². The summed E-state index contributed by atoms with van der Waals surface area (Å²) >= 11 is 0. The Bertz CT molecular complexity index is 636. The smallest absolute Gasteiger partial charge is 0.413 e. The highest BCUT2D eigenvalue weighted by Crippen LogP contribution is 2.13. The van der Waals surface area contributed by atoms with Crippen LogP contribution >= 0.6 is 0 Å². The molecule has 0 aliphatic rings. The van der Waals surface area contributed by atoms with E-state index < -0.39 is 12.0 Å². The lowest BCUT2D eigenvalue weighted by molar-refractivity contribution is -0.121. The zero-order valence-corrected chi connectivity index (χ0v) is 11.7. The Hall–Kier alpha value is -2.77. The molecule has 0 unspecified atom stereocenters. The predicted octanol–water partition coefficient (Wildman–Crippen LogP) is 0.921. The van der Waals surface area contributed by atoms with Gasteiger partial charge in [-0.25, -0.2) is 4.79 Å². The van der Waals surface area contributed by atoms with Crippen LogP contribution in [-0.2, 0) is 16.1 Å². The number of carbonyl (C=O) groups excluding carboxylic acids is 2. The van der Waals surface area contributed by atoms with Crippen molar-refractivity contribution in [3.8, 4) is 11.4 Å². The molecular formula is C13H15N5O3. The van der Waals surface area contributed by atoms with Gasteiger partial charge in [0.05, 0.1) is 6.61 Å². The highest BCUT2D eigenvalue weighted by molar-refractivity contribution is 5.91. The lowest BCUT2D eigenvalue weighted by atomic mass is 10.1. The number of benzene rings is 1. The summed E-state index contributed by atoms with van der Waals surface area (Å²) in [6, 6.07) is 7.61. The van der Waals surface area contributed by atoms with Crippen molar-refractivity contribution >= 4 is 12.0 Å². The molecular weight excluding hydrogens is 274 g/mol. The topological polar surface area (TPSA) is 99.0 Å². The molecule has 0 fully saturated rings. The van der Waals surface area contributed by atoms with Gasteiger partial charge in [-0.3, -0.25) is 10.1 Å². The van der Waals surface area contributed by atoms with Gasteiger partial charge in [-0.15, -0.1) is 10.2 Å². The molecule has 8 heteroatoms. The van der Waals surface area contributed by atoms with Crippen molar-refractivity contribution in [3.63, 3.8) is 0 Å². The van der Waals surface area contributed by atoms with Crippen LogP contribution in [-0.4, -0.2) is 38.8 Å². The van der Waals surface area contributed by atoms with Crippen LogP contribution in [0, 0.1) is 6.92 Å². The molecule has 2 aromatic rings. The first-order valence-electron chi connectivity index (χ1n) is 6.40. The summed E-state index contributed by atoms with van der Waals surface area (Å²) in [6.45, 7) is 3.61. The molecule has 0 saturated heterocycles. The zero-order chi connectivity index (χ0) is 15.2. The number of aryl methyl sites for hydroxylation is 1. The fourth-order valence-electron chi connectivity index (χ4n) is 1.58. The van der Waals surface area contributed by atoms with Crippen LogP contribution in [0.1, 0.15) is 12.5 Å². The second-order valence-corrected chi connectivity index (χ2v) is 4.28. The summed E-state index contributed by atoms with van der Waals surface area (Å²) in [5.41, 5.74) is 1.93. The van der Waals surface area contributed by atoms with Crippen molar-refractivity contribution in [2.75, 3.05) is 6.61 Å². The summed E-state index contributed by atoms with van der Waals surface area (Å²) in [7, 11) is 0. The Morgan fingerprint density at radius 1 is 1.29 bits per heavy atom. The number of alkyl carbamates (subject to hydrolysis) is 1. The molecule has 1 N–H and O–H groups in total.